The lowest BCUT2D eigenvalue weighted by Gasteiger charge is -2.18. The van der Waals surface area contributed by atoms with Crippen molar-refractivity contribution in [2.24, 2.45) is 0 Å². The standard InChI is InChI=1S/C11H14N2O/c1-11(2,3)7-5-4-6-8-9(7)13-10(12)14-8/h4-6H,1-3H3,(H2,12,13). The molecule has 0 amide bonds. The molecule has 1 aromatic carbocycles. The van der Waals surface area contributed by atoms with E-state index in [4.69, 9.17) is 10.2 Å². The number of benzene rings is 1. The fourth-order valence-corrected chi connectivity index (χ4v) is 1.57. The summed E-state index contributed by atoms with van der Waals surface area (Å²) >= 11 is 0. The zero-order valence-corrected chi connectivity index (χ0v) is 8.66. The average molecular weight is 190 g/mol. The highest BCUT2D eigenvalue weighted by molar-refractivity contribution is 5.79. The maximum Gasteiger partial charge on any atom is 0.292 e. The number of hydrogen-bond donors (Lipinski definition) is 1. The van der Waals surface area contributed by atoms with E-state index in [-0.39, 0.29) is 11.4 Å². The van der Waals surface area contributed by atoms with Crippen molar-refractivity contribution in [2.75, 3.05) is 5.73 Å². The molecule has 14 heavy (non-hydrogen) atoms. The molecule has 3 nitrogen and oxygen atoms in total. The smallest absolute Gasteiger partial charge is 0.292 e. The van der Waals surface area contributed by atoms with Crippen LogP contribution in [-0.4, -0.2) is 4.98 Å². The second kappa shape index (κ2) is 2.74. The van der Waals surface area contributed by atoms with Crippen molar-refractivity contribution in [1.29, 1.82) is 0 Å². The molecule has 0 fully saturated rings. The van der Waals surface area contributed by atoms with Crippen molar-refractivity contribution >= 4 is 17.1 Å². The fraction of sp³-hybridized carbons (Fsp3) is 0.364. The van der Waals surface area contributed by atoms with E-state index in [2.05, 4.69) is 31.8 Å². The van der Waals surface area contributed by atoms with Crippen LogP contribution in [0.5, 0.6) is 0 Å². The largest absolute Gasteiger partial charge is 0.424 e. The number of nitrogens with zero attached hydrogens (tertiary/aromatic N) is 1. The Morgan fingerprint density at radius 2 is 2.00 bits per heavy atom. The van der Waals surface area contributed by atoms with Gasteiger partial charge >= 0.3 is 0 Å². The summed E-state index contributed by atoms with van der Waals surface area (Å²) in [6, 6.07) is 6.14. The highest BCUT2D eigenvalue weighted by Crippen LogP contribution is 2.30. The van der Waals surface area contributed by atoms with Crippen LogP contribution in [0.3, 0.4) is 0 Å². The second-order valence-corrected chi connectivity index (χ2v) is 4.45. The number of nitrogen functional groups attached to an aromatic ring is 1. The molecule has 2 rings (SSSR count). The normalized spacial score (nSPS) is 12.2. The Morgan fingerprint density at radius 3 is 2.64 bits per heavy atom. The third-order valence-electron chi connectivity index (χ3n) is 2.24. The van der Waals surface area contributed by atoms with Gasteiger partial charge < -0.3 is 10.2 Å². The molecule has 0 aliphatic rings. The van der Waals surface area contributed by atoms with E-state index in [1.165, 1.54) is 0 Å². The van der Waals surface area contributed by atoms with Gasteiger partial charge in [-0.05, 0) is 17.0 Å². The summed E-state index contributed by atoms with van der Waals surface area (Å²) in [5.41, 5.74) is 8.38. The van der Waals surface area contributed by atoms with Gasteiger partial charge in [0, 0.05) is 0 Å². The first kappa shape index (κ1) is 9.06. The van der Waals surface area contributed by atoms with Crippen LogP contribution in [0.25, 0.3) is 11.1 Å². The maximum absolute atomic E-state index is 5.52. The molecular weight excluding hydrogens is 176 g/mol. The van der Waals surface area contributed by atoms with Crippen molar-refractivity contribution in [3.8, 4) is 0 Å². The van der Waals surface area contributed by atoms with E-state index in [9.17, 15) is 0 Å². The first-order valence-electron chi connectivity index (χ1n) is 4.64. The molecular formula is C11H14N2O. The van der Waals surface area contributed by atoms with E-state index in [1.807, 2.05) is 12.1 Å². The molecule has 0 saturated heterocycles. The van der Waals surface area contributed by atoms with Crippen LogP contribution in [-0.2, 0) is 5.41 Å². The summed E-state index contributed by atoms with van der Waals surface area (Å²) in [4.78, 5) is 4.19. The van der Waals surface area contributed by atoms with Gasteiger partial charge in [0.2, 0.25) is 0 Å². The molecule has 0 bridgehead atoms. The minimum atomic E-state index is 0.0584. The van der Waals surface area contributed by atoms with Gasteiger partial charge in [-0.15, -0.1) is 0 Å². The summed E-state index contributed by atoms with van der Waals surface area (Å²) in [7, 11) is 0. The van der Waals surface area contributed by atoms with Crippen molar-refractivity contribution in [3.05, 3.63) is 23.8 Å². The van der Waals surface area contributed by atoms with Crippen molar-refractivity contribution < 1.29 is 4.42 Å². The molecule has 0 aliphatic heterocycles. The number of rotatable bonds is 0. The minimum absolute atomic E-state index is 0.0584. The van der Waals surface area contributed by atoms with E-state index >= 15 is 0 Å². The molecule has 74 valence electrons. The Bertz CT molecular complexity index is 466. The second-order valence-electron chi connectivity index (χ2n) is 4.45. The van der Waals surface area contributed by atoms with Crippen LogP contribution < -0.4 is 5.73 Å². The lowest BCUT2D eigenvalue weighted by Crippen LogP contribution is -2.11. The Hall–Kier alpha value is -1.51. The average Bonchev–Trinajstić information content (AvgIpc) is 2.41. The van der Waals surface area contributed by atoms with Crippen LogP contribution in [0.4, 0.5) is 6.01 Å². The lowest BCUT2D eigenvalue weighted by atomic mass is 9.86. The predicted octanol–water partition coefficient (Wildman–Crippen LogP) is 2.71. The zero-order valence-electron chi connectivity index (χ0n) is 8.66. The molecule has 0 spiro atoms. The molecule has 1 heterocycles. The highest BCUT2D eigenvalue weighted by atomic mass is 16.4. The van der Waals surface area contributed by atoms with E-state index in [0.29, 0.717) is 0 Å². The third kappa shape index (κ3) is 1.35. The number of nitrogens with two attached hydrogens (primary N) is 1. The Morgan fingerprint density at radius 1 is 1.29 bits per heavy atom. The molecule has 0 saturated carbocycles. The van der Waals surface area contributed by atoms with Gasteiger partial charge in [0.1, 0.15) is 5.52 Å². The third-order valence-corrected chi connectivity index (χ3v) is 2.24. The number of oxazole rings is 1. The van der Waals surface area contributed by atoms with Gasteiger partial charge in [-0.1, -0.05) is 32.9 Å². The molecule has 2 N–H and O–H groups in total. The monoisotopic (exact) mass is 190 g/mol. The van der Waals surface area contributed by atoms with E-state index in [1.54, 1.807) is 0 Å². The molecule has 1 aromatic heterocycles. The fourth-order valence-electron chi connectivity index (χ4n) is 1.57. The van der Waals surface area contributed by atoms with Crippen molar-refractivity contribution in [2.45, 2.75) is 26.2 Å². The summed E-state index contributed by atoms with van der Waals surface area (Å²) in [5.74, 6) is 0. The minimum Gasteiger partial charge on any atom is -0.424 e. The Kier molecular flexibility index (Phi) is 1.77. The number of para-hydroxylation sites is 1. The van der Waals surface area contributed by atoms with Crippen molar-refractivity contribution in [1.82, 2.24) is 4.98 Å². The summed E-state index contributed by atoms with van der Waals surface area (Å²) in [6.07, 6.45) is 0. The lowest BCUT2D eigenvalue weighted by molar-refractivity contribution is 0.593. The predicted molar refractivity (Wildman–Crippen MR) is 57.1 cm³/mol. The first-order valence-corrected chi connectivity index (χ1v) is 4.64. The highest BCUT2D eigenvalue weighted by Gasteiger charge is 2.19. The number of aromatic nitrogens is 1. The van der Waals surface area contributed by atoms with E-state index in [0.717, 1.165) is 16.7 Å². The summed E-state index contributed by atoms with van der Waals surface area (Å²) in [6.45, 7) is 6.44. The summed E-state index contributed by atoms with van der Waals surface area (Å²) < 4.78 is 5.27. The van der Waals surface area contributed by atoms with Gasteiger partial charge in [0.15, 0.2) is 5.58 Å². The van der Waals surface area contributed by atoms with Crippen LogP contribution in [0.1, 0.15) is 26.3 Å². The van der Waals surface area contributed by atoms with Gasteiger partial charge in [-0.25, -0.2) is 0 Å². The van der Waals surface area contributed by atoms with E-state index < -0.39 is 0 Å². The van der Waals surface area contributed by atoms with Gasteiger partial charge in [-0.3, -0.25) is 0 Å². The topological polar surface area (TPSA) is 52.0 Å². The molecule has 3 heteroatoms. The first-order chi connectivity index (χ1) is 6.48. The van der Waals surface area contributed by atoms with Crippen LogP contribution >= 0.6 is 0 Å². The molecule has 0 unspecified atom stereocenters. The number of fused-ring (bicyclic) bond motifs is 1. The quantitative estimate of drug-likeness (QED) is 0.694. The van der Waals surface area contributed by atoms with Crippen LogP contribution in [0, 0.1) is 0 Å². The Balaban J connectivity index is 2.77. The van der Waals surface area contributed by atoms with Crippen molar-refractivity contribution in [3.63, 3.8) is 0 Å². The molecule has 0 atom stereocenters. The molecule has 2 aromatic rings. The summed E-state index contributed by atoms with van der Waals surface area (Å²) in [5, 5.41) is 0. The Labute approximate surface area is 82.9 Å². The van der Waals surface area contributed by atoms with Gasteiger partial charge in [0.25, 0.3) is 6.01 Å². The van der Waals surface area contributed by atoms with Gasteiger partial charge in [-0.2, -0.15) is 4.98 Å². The maximum atomic E-state index is 5.52. The molecule has 0 aliphatic carbocycles. The van der Waals surface area contributed by atoms with Crippen LogP contribution in [0.15, 0.2) is 22.6 Å². The zero-order chi connectivity index (χ0) is 10.3. The number of anilines is 1. The number of hydrogen-bond acceptors (Lipinski definition) is 3. The van der Waals surface area contributed by atoms with Gasteiger partial charge in [0.05, 0.1) is 0 Å². The molecule has 0 radical (unpaired) electrons. The van der Waals surface area contributed by atoms with Crippen LogP contribution in [0.2, 0.25) is 0 Å². The SMILES string of the molecule is CC(C)(C)c1cccc2oc(N)nc12.